The van der Waals surface area contributed by atoms with Crippen LogP contribution in [0.4, 0.5) is 23.2 Å². The maximum Gasteiger partial charge on any atom is 0.416 e. The molecule has 13 heteroatoms. The number of carbonyl (C=O) groups excluding carboxylic acids is 3. The quantitative estimate of drug-likeness (QED) is 0.151. The topological polar surface area (TPSA) is 141 Å². The Hall–Kier alpha value is -5.77. The van der Waals surface area contributed by atoms with Crippen LogP contribution in [-0.2, 0) is 15.8 Å². The minimum Gasteiger partial charge on any atom is -0.400 e. The summed E-state index contributed by atoms with van der Waals surface area (Å²) in [5.41, 5.74) is 6.12. The van der Waals surface area contributed by atoms with E-state index in [1.807, 2.05) is 6.07 Å². The minimum absolute atomic E-state index is 0.00320. The van der Waals surface area contributed by atoms with Crippen LogP contribution in [0.25, 0.3) is 0 Å². The lowest BCUT2D eigenvalue weighted by Crippen LogP contribution is -2.59. The number of alkyl halides is 3. The number of piperidine rings is 1. The van der Waals surface area contributed by atoms with Crippen molar-refractivity contribution in [1.82, 2.24) is 15.5 Å². The molecular weight excluding hydrogens is 640 g/mol. The molecule has 9 nitrogen and oxygen atoms in total. The molecule has 1 fully saturated rings. The van der Waals surface area contributed by atoms with E-state index in [4.69, 9.17) is 10.7 Å². The number of allylic oxidation sites excluding steroid dienone is 1. The van der Waals surface area contributed by atoms with Gasteiger partial charge in [0.2, 0.25) is 0 Å². The maximum atomic E-state index is 14.3. The lowest BCUT2D eigenvalue weighted by atomic mass is 9.78. The SMILES string of the molecule is CCN1C(=O)C(NC(=O)c2cccc(C(F)(F)F)c2)C(c2ccc(F)cc2)/C(=C(/N)CNC(=O)/C(C#N)=C/C(C)C)C1=Nc1ccccc1. The molecule has 3 amide bonds. The summed E-state index contributed by atoms with van der Waals surface area (Å²) in [5.74, 6) is -4.08. The Labute approximate surface area is 280 Å². The van der Waals surface area contributed by atoms with Crippen LogP contribution in [0.5, 0.6) is 0 Å². The summed E-state index contributed by atoms with van der Waals surface area (Å²) in [5, 5.41) is 14.8. The second-order valence-corrected chi connectivity index (χ2v) is 11.5. The molecule has 3 aromatic rings. The fourth-order valence-corrected chi connectivity index (χ4v) is 5.36. The van der Waals surface area contributed by atoms with Crippen molar-refractivity contribution >= 4 is 29.2 Å². The van der Waals surface area contributed by atoms with Crippen LogP contribution in [0.15, 0.2) is 107 Å². The average molecular weight is 675 g/mol. The van der Waals surface area contributed by atoms with E-state index >= 15 is 0 Å². The molecule has 49 heavy (non-hydrogen) atoms. The molecule has 254 valence electrons. The molecule has 0 spiro atoms. The summed E-state index contributed by atoms with van der Waals surface area (Å²) in [4.78, 5) is 46.8. The summed E-state index contributed by atoms with van der Waals surface area (Å²) in [6.45, 7) is 4.97. The van der Waals surface area contributed by atoms with Crippen molar-refractivity contribution in [2.45, 2.75) is 38.9 Å². The number of carbonyl (C=O) groups is 3. The zero-order chi connectivity index (χ0) is 35.9. The number of nitrogens with one attached hydrogen (secondary N) is 2. The highest BCUT2D eigenvalue weighted by atomic mass is 19.4. The van der Waals surface area contributed by atoms with Crippen molar-refractivity contribution in [3.8, 4) is 6.07 Å². The Kier molecular flexibility index (Phi) is 11.4. The van der Waals surface area contributed by atoms with Gasteiger partial charge in [0.05, 0.1) is 17.8 Å². The highest BCUT2D eigenvalue weighted by Gasteiger charge is 2.46. The summed E-state index contributed by atoms with van der Waals surface area (Å²) < 4.78 is 54.6. The minimum atomic E-state index is -4.72. The van der Waals surface area contributed by atoms with Crippen molar-refractivity contribution in [3.63, 3.8) is 0 Å². The van der Waals surface area contributed by atoms with Crippen LogP contribution in [-0.4, -0.2) is 47.6 Å². The van der Waals surface area contributed by atoms with Crippen LogP contribution in [0.2, 0.25) is 0 Å². The normalized spacial score (nSPS) is 18.7. The molecule has 0 bridgehead atoms. The van der Waals surface area contributed by atoms with Crippen molar-refractivity contribution in [3.05, 3.63) is 124 Å². The Morgan fingerprint density at radius 3 is 2.33 bits per heavy atom. The van der Waals surface area contributed by atoms with Crippen LogP contribution in [0.3, 0.4) is 0 Å². The third-order valence-electron chi connectivity index (χ3n) is 7.60. The number of nitriles is 1. The van der Waals surface area contributed by atoms with Gasteiger partial charge in [-0.15, -0.1) is 0 Å². The van der Waals surface area contributed by atoms with E-state index < -0.39 is 47.2 Å². The van der Waals surface area contributed by atoms with E-state index in [2.05, 4.69) is 10.6 Å². The number of hydrogen-bond donors (Lipinski definition) is 3. The Morgan fingerprint density at radius 2 is 1.73 bits per heavy atom. The van der Waals surface area contributed by atoms with E-state index in [1.165, 1.54) is 29.2 Å². The number of benzene rings is 3. The van der Waals surface area contributed by atoms with Gasteiger partial charge in [0.25, 0.3) is 17.7 Å². The third-order valence-corrected chi connectivity index (χ3v) is 7.60. The van der Waals surface area contributed by atoms with Gasteiger partial charge in [-0.2, -0.15) is 18.4 Å². The fraction of sp³-hybridized carbons (Fsp3) is 0.250. The molecule has 0 aromatic heterocycles. The number of amides is 3. The van der Waals surface area contributed by atoms with E-state index in [1.54, 1.807) is 51.1 Å². The smallest absolute Gasteiger partial charge is 0.400 e. The second kappa shape index (κ2) is 15.4. The number of amidine groups is 1. The lowest BCUT2D eigenvalue weighted by molar-refractivity contribution is -0.137. The molecule has 3 aromatic carbocycles. The summed E-state index contributed by atoms with van der Waals surface area (Å²) in [7, 11) is 0. The molecule has 4 rings (SSSR count). The molecule has 0 aliphatic carbocycles. The maximum absolute atomic E-state index is 14.3. The summed E-state index contributed by atoms with van der Waals surface area (Å²) in [6, 6.07) is 17.8. The molecule has 0 radical (unpaired) electrons. The van der Waals surface area contributed by atoms with Gasteiger partial charge in [0.15, 0.2) is 0 Å². The van der Waals surface area contributed by atoms with Crippen molar-refractivity contribution in [2.75, 3.05) is 13.1 Å². The zero-order valence-electron chi connectivity index (χ0n) is 26.9. The van der Waals surface area contributed by atoms with Gasteiger partial charge in [-0.05, 0) is 60.9 Å². The largest absolute Gasteiger partial charge is 0.416 e. The van der Waals surface area contributed by atoms with Gasteiger partial charge < -0.3 is 16.4 Å². The zero-order valence-corrected chi connectivity index (χ0v) is 26.9. The molecule has 1 aliphatic rings. The van der Waals surface area contributed by atoms with E-state index in [9.17, 15) is 37.2 Å². The van der Waals surface area contributed by atoms with Crippen LogP contribution >= 0.6 is 0 Å². The average Bonchev–Trinajstić information content (AvgIpc) is 3.07. The molecule has 2 atom stereocenters. The number of nitrogens with two attached hydrogens (primary N) is 1. The Morgan fingerprint density at radius 1 is 1.06 bits per heavy atom. The van der Waals surface area contributed by atoms with Gasteiger partial charge in [0, 0.05) is 29.3 Å². The first-order chi connectivity index (χ1) is 23.2. The first kappa shape index (κ1) is 36.1. The van der Waals surface area contributed by atoms with Gasteiger partial charge in [-0.1, -0.05) is 56.3 Å². The Balaban J connectivity index is 1.91. The molecular formula is C36H34F4N6O3. The molecule has 1 heterocycles. The standard InChI is InChI=1S/C36H34F4N6O3/c1-4-46-32(44-27-11-6-5-7-12-27)30(28(42)20-43-33(47)24(19-41)17-21(2)3)29(22-13-15-26(37)16-14-22)31(35(46)49)45-34(48)23-9-8-10-25(18-23)36(38,39)40/h5-18,21,29,31H,4,20,42H2,1-3H3,(H,43,47)(H,45,48)/b24-17+,30-28-,44-32?. The van der Waals surface area contributed by atoms with E-state index in [0.717, 1.165) is 24.3 Å². The van der Waals surface area contributed by atoms with Gasteiger partial charge in [-0.3, -0.25) is 19.3 Å². The van der Waals surface area contributed by atoms with Crippen LogP contribution < -0.4 is 16.4 Å². The van der Waals surface area contributed by atoms with Gasteiger partial charge in [-0.25, -0.2) is 9.38 Å². The monoisotopic (exact) mass is 674 g/mol. The second-order valence-electron chi connectivity index (χ2n) is 11.5. The number of halogens is 4. The number of para-hydroxylation sites is 1. The highest BCUT2D eigenvalue weighted by Crippen LogP contribution is 2.38. The summed E-state index contributed by atoms with van der Waals surface area (Å²) >= 11 is 0. The number of likely N-dealkylation sites (tertiary alicyclic amines) is 1. The number of hydrogen-bond acceptors (Lipinski definition) is 6. The van der Waals surface area contributed by atoms with Crippen molar-refractivity contribution < 1.29 is 31.9 Å². The lowest BCUT2D eigenvalue weighted by Gasteiger charge is -2.41. The van der Waals surface area contributed by atoms with Crippen molar-refractivity contribution in [1.29, 1.82) is 5.26 Å². The number of aliphatic imine (C=N–C) groups is 1. The number of nitrogens with zero attached hydrogens (tertiary/aromatic N) is 3. The predicted octanol–water partition coefficient (Wildman–Crippen LogP) is 5.75. The first-order valence-corrected chi connectivity index (χ1v) is 15.3. The molecule has 1 saturated heterocycles. The summed E-state index contributed by atoms with van der Waals surface area (Å²) in [6.07, 6.45) is -3.24. The number of rotatable bonds is 9. The predicted molar refractivity (Wildman–Crippen MR) is 176 cm³/mol. The van der Waals surface area contributed by atoms with Gasteiger partial charge >= 0.3 is 6.18 Å². The van der Waals surface area contributed by atoms with Crippen molar-refractivity contribution in [2.24, 2.45) is 16.6 Å². The van der Waals surface area contributed by atoms with Gasteiger partial charge in [0.1, 0.15) is 29.3 Å². The Bertz CT molecular complexity index is 1840. The number of likely N-dealkylation sites (N-methyl/N-ethyl adjacent to an activating group) is 1. The molecule has 1 aliphatic heterocycles. The molecule has 0 saturated carbocycles. The fourth-order valence-electron chi connectivity index (χ4n) is 5.36. The molecule has 2 unspecified atom stereocenters. The highest BCUT2D eigenvalue weighted by molar-refractivity contribution is 6.16. The third kappa shape index (κ3) is 8.58. The van der Waals surface area contributed by atoms with Crippen LogP contribution in [0, 0.1) is 23.1 Å². The van der Waals surface area contributed by atoms with E-state index in [0.29, 0.717) is 17.3 Å². The molecule has 4 N–H and O–H groups in total. The van der Waals surface area contributed by atoms with E-state index in [-0.39, 0.29) is 47.2 Å². The van der Waals surface area contributed by atoms with Crippen LogP contribution in [0.1, 0.15) is 48.2 Å². The first-order valence-electron chi connectivity index (χ1n) is 15.3.